The van der Waals surface area contributed by atoms with E-state index in [0.717, 1.165) is 49.8 Å². The van der Waals surface area contributed by atoms with Crippen LogP contribution in [-0.4, -0.2) is 94.7 Å². The van der Waals surface area contributed by atoms with Gasteiger partial charge in [-0.2, -0.15) is 0 Å². The van der Waals surface area contributed by atoms with Gasteiger partial charge in [0.25, 0.3) is 5.24 Å². The lowest BCUT2D eigenvalue weighted by Gasteiger charge is -2.49. The van der Waals surface area contributed by atoms with Gasteiger partial charge in [-0.05, 0) is 120 Å². The predicted molar refractivity (Wildman–Crippen MR) is 202 cm³/mol. The topological polar surface area (TPSA) is 131 Å². The molecule has 0 aliphatic heterocycles. The summed E-state index contributed by atoms with van der Waals surface area (Å²) in [5, 5.41) is 9.22. The molecule has 6 atom stereocenters. The van der Waals surface area contributed by atoms with Crippen LogP contribution in [0, 0.1) is 34.0 Å². The molecule has 0 spiro atoms. The van der Waals surface area contributed by atoms with E-state index in [-0.39, 0.29) is 58.5 Å². The Kier molecular flexibility index (Phi) is 12.9. The van der Waals surface area contributed by atoms with Crippen molar-refractivity contribution in [1.82, 2.24) is 30.7 Å². The second-order valence-electron chi connectivity index (χ2n) is 19.7. The van der Waals surface area contributed by atoms with Gasteiger partial charge < -0.3 is 20.9 Å². The molecule has 3 aliphatic rings. The number of thiol groups is 1. The van der Waals surface area contributed by atoms with Gasteiger partial charge in [-0.1, -0.05) is 54.2 Å². The van der Waals surface area contributed by atoms with Crippen LogP contribution < -0.4 is 16.0 Å². The molecule has 0 aromatic heterocycles. The van der Waals surface area contributed by atoms with Crippen LogP contribution in [0.5, 0.6) is 0 Å². The molecule has 11 nitrogen and oxygen atoms in total. The van der Waals surface area contributed by atoms with E-state index in [1.165, 1.54) is 11.8 Å². The maximum Gasteiger partial charge on any atom is 0.334 e. The first-order chi connectivity index (χ1) is 22.7. The molecule has 0 aromatic carbocycles. The normalized spacial score (nSPS) is 33.0. The van der Waals surface area contributed by atoms with Crippen LogP contribution in [0.1, 0.15) is 127 Å². The SMILES string of the molecule is CNC1(C)CC(CN(C)C(=O)N(CC2CC(C)(C)CC(C)(NC(C)=O)C2)C(=O)N(C=O)CC2CC(C)(C)CC(C)(NC(=O)S)C2)CC(C)(C)C1. The average Bonchev–Trinajstić information content (AvgIpc) is 2.89. The maximum absolute atomic E-state index is 14.5. The van der Waals surface area contributed by atoms with Gasteiger partial charge in [0.1, 0.15) is 0 Å². The standard InChI is InChI=1S/C38H68N6O5S/c1-26(46)40-37(9)18-29(15-35(6,7)23-37)21-44(31(48)42(12)19-27-13-33(2,3)22-36(8,16-27)39-11)32(49)43(25-45)20-28-14-34(4,5)24-38(10,17-28)41-30(47)50/h25,27-29,39H,13-24H2,1-12H3,(H,40,46)(H2,41,47,50). The van der Waals surface area contributed by atoms with Gasteiger partial charge in [-0.15, -0.1) is 0 Å². The van der Waals surface area contributed by atoms with Crippen molar-refractivity contribution in [2.24, 2.45) is 34.0 Å². The Morgan fingerprint density at radius 2 is 1.08 bits per heavy atom. The lowest BCUT2D eigenvalue weighted by molar-refractivity contribution is -0.122. The van der Waals surface area contributed by atoms with Crippen molar-refractivity contribution in [2.75, 3.05) is 33.7 Å². The summed E-state index contributed by atoms with van der Waals surface area (Å²) >= 11 is 3.97. The zero-order valence-electron chi connectivity index (χ0n) is 33.1. The fourth-order valence-corrected chi connectivity index (χ4v) is 11.6. The van der Waals surface area contributed by atoms with Crippen molar-refractivity contribution in [1.29, 1.82) is 0 Å². The third kappa shape index (κ3) is 11.6. The Morgan fingerprint density at radius 1 is 0.660 bits per heavy atom. The van der Waals surface area contributed by atoms with E-state index in [9.17, 15) is 24.0 Å². The highest BCUT2D eigenvalue weighted by molar-refractivity contribution is 7.96. The average molecular weight is 721 g/mol. The highest BCUT2D eigenvalue weighted by atomic mass is 32.1. The summed E-state index contributed by atoms with van der Waals surface area (Å²) in [7, 11) is 3.75. The molecule has 3 rings (SSSR count). The second-order valence-corrected chi connectivity index (χ2v) is 20.1. The van der Waals surface area contributed by atoms with Gasteiger partial charge in [0.15, 0.2) is 0 Å². The molecule has 3 fully saturated rings. The van der Waals surface area contributed by atoms with Crippen molar-refractivity contribution in [3.05, 3.63) is 0 Å². The van der Waals surface area contributed by atoms with Gasteiger partial charge in [0, 0.05) is 50.2 Å². The molecule has 3 aliphatic carbocycles. The van der Waals surface area contributed by atoms with E-state index in [1.807, 2.05) is 20.9 Å². The van der Waals surface area contributed by atoms with E-state index in [0.29, 0.717) is 25.8 Å². The largest absolute Gasteiger partial charge is 0.351 e. The van der Waals surface area contributed by atoms with Crippen LogP contribution in [-0.2, 0) is 9.59 Å². The number of urea groups is 2. The summed E-state index contributed by atoms with van der Waals surface area (Å²) in [6.07, 6.45) is 7.65. The summed E-state index contributed by atoms with van der Waals surface area (Å²) in [6, 6.07) is -1.05. The highest BCUT2D eigenvalue weighted by Crippen LogP contribution is 2.47. The molecule has 3 N–H and O–H groups in total. The van der Waals surface area contributed by atoms with Gasteiger partial charge in [0.2, 0.25) is 12.3 Å². The first-order valence-electron chi connectivity index (χ1n) is 18.5. The van der Waals surface area contributed by atoms with Gasteiger partial charge in [0.05, 0.1) is 0 Å². The van der Waals surface area contributed by atoms with Gasteiger partial charge in [-0.3, -0.25) is 19.3 Å². The molecule has 0 radical (unpaired) electrons. The number of amides is 7. The van der Waals surface area contributed by atoms with Crippen molar-refractivity contribution >= 4 is 42.2 Å². The second kappa shape index (κ2) is 15.3. The summed E-state index contributed by atoms with van der Waals surface area (Å²) in [6.45, 7) is 21.6. The Hall–Kier alpha value is -2.34. The van der Waals surface area contributed by atoms with Crippen LogP contribution in [0.4, 0.5) is 14.4 Å². The molecule has 3 saturated carbocycles. The number of rotatable bonds is 10. The van der Waals surface area contributed by atoms with Crippen molar-refractivity contribution in [3.63, 3.8) is 0 Å². The monoisotopic (exact) mass is 720 g/mol. The number of hydrogen-bond acceptors (Lipinski definition) is 6. The van der Waals surface area contributed by atoms with Crippen LogP contribution in [0.3, 0.4) is 0 Å². The minimum Gasteiger partial charge on any atom is -0.351 e. The number of nitrogens with one attached hydrogen (secondary N) is 3. The molecular formula is C38H68N6O5S. The molecule has 0 saturated heterocycles. The van der Waals surface area contributed by atoms with Crippen LogP contribution in [0.25, 0.3) is 0 Å². The first kappa shape index (κ1) is 42.1. The van der Waals surface area contributed by atoms with Crippen LogP contribution in [0.15, 0.2) is 0 Å². The third-order valence-electron chi connectivity index (χ3n) is 11.4. The van der Waals surface area contributed by atoms with E-state index >= 15 is 0 Å². The van der Waals surface area contributed by atoms with E-state index < -0.39 is 28.4 Å². The fourth-order valence-electron chi connectivity index (χ4n) is 11.3. The molecule has 286 valence electrons. The van der Waals surface area contributed by atoms with Crippen LogP contribution in [0.2, 0.25) is 0 Å². The predicted octanol–water partition coefficient (Wildman–Crippen LogP) is 6.67. The van der Waals surface area contributed by atoms with Gasteiger partial charge in [-0.25, -0.2) is 14.5 Å². The smallest absolute Gasteiger partial charge is 0.334 e. The summed E-state index contributed by atoms with van der Waals surface area (Å²) in [5.41, 5.74) is -1.31. The van der Waals surface area contributed by atoms with E-state index in [1.54, 1.807) is 11.9 Å². The molecule has 6 unspecified atom stereocenters. The Morgan fingerprint density at radius 3 is 1.52 bits per heavy atom. The molecule has 0 bridgehead atoms. The lowest BCUT2D eigenvalue weighted by Crippen LogP contribution is -2.58. The third-order valence-corrected chi connectivity index (χ3v) is 11.5. The summed E-state index contributed by atoms with van der Waals surface area (Å²) < 4.78 is 0. The number of carbonyl (C=O) groups excluding carboxylic acids is 5. The molecule has 50 heavy (non-hydrogen) atoms. The molecule has 0 heterocycles. The highest BCUT2D eigenvalue weighted by Gasteiger charge is 2.46. The minimum absolute atomic E-state index is 0.0588. The number of nitrogens with zero attached hydrogens (tertiary/aromatic N) is 3. The zero-order valence-corrected chi connectivity index (χ0v) is 34.0. The molecule has 0 aromatic rings. The number of carbonyl (C=O) groups is 5. The van der Waals surface area contributed by atoms with E-state index in [2.05, 4.69) is 77.0 Å². The van der Waals surface area contributed by atoms with Crippen molar-refractivity contribution in [3.8, 4) is 0 Å². The number of hydrogen-bond donors (Lipinski definition) is 4. The zero-order chi connectivity index (χ0) is 38.1. The Balaban J connectivity index is 1.93. The minimum atomic E-state index is -0.631. The van der Waals surface area contributed by atoms with Crippen LogP contribution >= 0.6 is 12.6 Å². The Labute approximate surface area is 307 Å². The van der Waals surface area contributed by atoms with Crippen molar-refractivity contribution < 1.29 is 24.0 Å². The first-order valence-corrected chi connectivity index (χ1v) is 18.9. The molecular weight excluding hydrogens is 653 g/mol. The Bertz CT molecular complexity index is 1290. The maximum atomic E-state index is 14.5. The lowest BCUT2D eigenvalue weighted by atomic mass is 9.64. The fraction of sp³-hybridized carbons (Fsp3) is 0.868. The number of imide groups is 2. The summed E-state index contributed by atoms with van der Waals surface area (Å²) in [5.74, 6) is -0.0623. The van der Waals surface area contributed by atoms with Gasteiger partial charge >= 0.3 is 12.1 Å². The summed E-state index contributed by atoms with van der Waals surface area (Å²) in [4.78, 5) is 70.1. The van der Waals surface area contributed by atoms with Crippen molar-refractivity contribution in [2.45, 2.75) is 144 Å². The quantitative estimate of drug-likeness (QED) is 0.147. The van der Waals surface area contributed by atoms with E-state index in [4.69, 9.17) is 0 Å². The molecule has 12 heteroatoms. The molecule has 7 amide bonds.